The number of ether oxygens (including phenoxy) is 3. The van der Waals surface area contributed by atoms with Crippen LogP contribution >= 0.6 is 0 Å². The highest BCUT2D eigenvalue weighted by molar-refractivity contribution is 6.02. The highest BCUT2D eigenvalue weighted by Crippen LogP contribution is 2.45. The Bertz CT molecular complexity index is 844. The molecule has 1 fully saturated rings. The third-order valence-electron chi connectivity index (χ3n) is 5.26. The molecule has 0 heterocycles. The summed E-state index contributed by atoms with van der Waals surface area (Å²) in [6, 6.07) is 13.9. The average molecular weight is 382 g/mol. The van der Waals surface area contributed by atoms with Crippen LogP contribution in [0.1, 0.15) is 42.4 Å². The minimum atomic E-state index is -0.781. The van der Waals surface area contributed by atoms with Crippen LogP contribution in [0.5, 0.6) is 11.5 Å². The number of rotatable bonds is 7. The Morgan fingerprint density at radius 2 is 1.86 bits per heavy atom. The van der Waals surface area contributed by atoms with E-state index in [1.807, 2.05) is 30.3 Å². The van der Waals surface area contributed by atoms with Crippen molar-refractivity contribution in [2.45, 2.75) is 32.1 Å². The molecule has 0 aromatic heterocycles. The van der Waals surface area contributed by atoms with E-state index >= 15 is 0 Å². The lowest BCUT2D eigenvalue weighted by Crippen LogP contribution is -2.27. The molecule has 28 heavy (non-hydrogen) atoms. The van der Waals surface area contributed by atoms with Gasteiger partial charge in [-0.05, 0) is 37.0 Å². The summed E-state index contributed by atoms with van der Waals surface area (Å²) in [7, 11) is 3.21. The molecule has 0 spiro atoms. The lowest BCUT2D eigenvalue weighted by molar-refractivity contribution is -0.151. The van der Waals surface area contributed by atoms with E-state index in [0.717, 1.165) is 16.7 Å². The molecule has 0 unspecified atom stereocenters. The number of esters is 1. The molecule has 3 rings (SSSR count). The maximum atomic E-state index is 12.5. The number of carbonyl (C=O) groups excluding carboxylic acids is 2. The van der Waals surface area contributed by atoms with E-state index in [0.29, 0.717) is 30.8 Å². The molecule has 0 radical (unpaired) electrons. The van der Waals surface area contributed by atoms with Crippen LogP contribution in [-0.4, -0.2) is 32.6 Å². The lowest BCUT2D eigenvalue weighted by atomic mass is 9.83. The highest BCUT2D eigenvalue weighted by atomic mass is 16.5. The third-order valence-corrected chi connectivity index (χ3v) is 5.26. The maximum Gasteiger partial charge on any atom is 0.317 e. The van der Waals surface area contributed by atoms with Gasteiger partial charge in [-0.25, -0.2) is 0 Å². The van der Waals surface area contributed by atoms with Crippen LogP contribution in [0.2, 0.25) is 0 Å². The molecule has 5 heteroatoms. The molecule has 0 saturated heterocycles. The van der Waals surface area contributed by atoms with Crippen LogP contribution in [-0.2, 0) is 20.7 Å². The standard InChI is InChI=1S/C23H26O5/c1-4-28-23(25)22-18(10-11-19(22)24)21-16(12-15-8-6-5-7-9-15)13-17(26-2)14-20(21)27-3/h5-9,13-14,18,22H,4,10-12H2,1-3H3/t18-,22-/m1/s1. The fourth-order valence-corrected chi connectivity index (χ4v) is 4.01. The lowest BCUT2D eigenvalue weighted by Gasteiger charge is -2.24. The van der Waals surface area contributed by atoms with Crippen LogP contribution in [0, 0.1) is 5.92 Å². The maximum absolute atomic E-state index is 12.5. The molecule has 148 valence electrons. The largest absolute Gasteiger partial charge is 0.497 e. The molecule has 2 aromatic carbocycles. The van der Waals surface area contributed by atoms with Gasteiger partial charge in [-0.1, -0.05) is 30.3 Å². The first kappa shape index (κ1) is 19.9. The summed E-state index contributed by atoms with van der Waals surface area (Å²) in [5.41, 5.74) is 3.03. The molecule has 0 N–H and O–H groups in total. The zero-order chi connectivity index (χ0) is 20.1. The van der Waals surface area contributed by atoms with Crippen molar-refractivity contribution in [3.05, 3.63) is 59.2 Å². The van der Waals surface area contributed by atoms with Gasteiger partial charge in [0.05, 0.1) is 20.8 Å². The number of Topliss-reactive ketones (excluding diaryl/α,β-unsaturated/α-hetero) is 1. The van der Waals surface area contributed by atoms with Crippen molar-refractivity contribution in [1.82, 2.24) is 0 Å². The van der Waals surface area contributed by atoms with E-state index < -0.39 is 11.9 Å². The van der Waals surface area contributed by atoms with Gasteiger partial charge < -0.3 is 14.2 Å². The number of hydrogen-bond acceptors (Lipinski definition) is 5. The summed E-state index contributed by atoms with van der Waals surface area (Å²) >= 11 is 0. The normalized spacial score (nSPS) is 18.8. The molecule has 0 aliphatic heterocycles. The fraction of sp³-hybridized carbons (Fsp3) is 0.391. The van der Waals surface area contributed by atoms with Crippen molar-refractivity contribution >= 4 is 11.8 Å². The van der Waals surface area contributed by atoms with Crippen molar-refractivity contribution in [2.24, 2.45) is 5.92 Å². The first-order chi connectivity index (χ1) is 13.6. The first-order valence-electron chi connectivity index (χ1n) is 9.57. The quantitative estimate of drug-likeness (QED) is 0.536. The van der Waals surface area contributed by atoms with Crippen LogP contribution in [0.4, 0.5) is 0 Å². The Kier molecular flexibility index (Phi) is 6.34. The van der Waals surface area contributed by atoms with Gasteiger partial charge in [-0.3, -0.25) is 9.59 Å². The van der Waals surface area contributed by atoms with Gasteiger partial charge in [0.2, 0.25) is 0 Å². The van der Waals surface area contributed by atoms with Crippen molar-refractivity contribution in [3.63, 3.8) is 0 Å². The molecule has 1 saturated carbocycles. The van der Waals surface area contributed by atoms with E-state index in [-0.39, 0.29) is 18.3 Å². The number of methoxy groups -OCH3 is 2. The monoisotopic (exact) mass is 382 g/mol. The smallest absolute Gasteiger partial charge is 0.317 e. The van der Waals surface area contributed by atoms with Gasteiger partial charge in [-0.2, -0.15) is 0 Å². The van der Waals surface area contributed by atoms with Gasteiger partial charge in [0.1, 0.15) is 23.2 Å². The summed E-state index contributed by atoms with van der Waals surface area (Å²) in [6.07, 6.45) is 1.63. The minimum absolute atomic E-state index is 0.0630. The Labute approximate surface area is 165 Å². The number of ketones is 1. The zero-order valence-electron chi connectivity index (χ0n) is 16.6. The van der Waals surface area contributed by atoms with Gasteiger partial charge >= 0.3 is 5.97 Å². The van der Waals surface area contributed by atoms with Crippen molar-refractivity contribution < 1.29 is 23.8 Å². The second-order valence-corrected chi connectivity index (χ2v) is 6.91. The molecule has 5 nitrogen and oxygen atoms in total. The number of benzene rings is 2. The van der Waals surface area contributed by atoms with Crippen LogP contribution < -0.4 is 9.47 Å². The van der Waals surface area contributed by atoms with Gasteiger partial charge in [-0.15, -0.1) is 0 Å². The second kappa shape index (κ2) is 8.91. The zero-order valence-corrected chi connectivity index (χ0v) is 16.6. The van der Waals surface area contributed by atoms with E-state index in [4.69, 9.17) is 14.2 Å². The predicted octanol–water partition coefficient (Wildman–Crippen LogP) is 3.92. The summed E-state index contributed by atoms with van der Waals surface area (Å²) in [5.74, 6) is -0.226. The van der Waals surface area contributed by atoms with Crippen molar-refractivity contribution in [2.75, 3.05) is 20.8 Å². The SMILES string of the molecule is CCOC(=O)[C@H]1C(=O)CC[C@@H]1c1c(Cc2ccccc2)cc(OC)cc1OC. The second-order valence-electron chi connectivity index (χ2n) is 6.91. The van der Waals surface area contributed by atoms with E-state index in [1.165, 1.54) is 0 Å². The molecule has 2 aromatic rings. The van der Waals surface area contributed by atoms with Crippen molar-refractivity contribution in [3.8, 4) is 11.5 Å². The Morgan fingerprint density at radius 3 is 2.50 bits per heavy atom. The molecule has 2 atom stereocenters. The Balaban J connectivity index is 2.09. The molecule has 0 bridgehead atoms. The van der Waals surface area contributed by atoms with E-state index in [2.05, 4.69) is 12.1 Å². The summed E-state index contributed by atoms with van der Waals surface area (Å²) in [6.45, 7) is 2.01. The summed E-state index contributed by atoms with van der Waals surface area (Å²) in [5, 5.41) is 0. The number of carbonyl (C=O) groups is 2. The predicted molar refractivity (Wildman–Crippen MR) is 106 cm³/mol. The van der Waals surface area contributed by atoms with Gasteiger partial charge in [0, 0.05) is 24.0 Å². The topological polar surface area (TPSA) is 61.8 Å². The molecular formula is C23H26O5. The van der Waals surface area contributed by atoms with Crippen LogP contribution in [0.25, 0.3) is 0 Å². The first-order valence-corrected chi connectivity index (χ1v) is 9.57. The molecule has 0 amide bonds. The van der Waals surface area contributed by atoms with Crippen LogP contribution in [0.15, 0.2) is 42.5 Å². The summed E-state index contributed by atoms with van der Waals surface area (Å²) < 4.78 is 16.3. The third kappa shape index (κ3) is 4.03. The average Bonchev–Trinajstić information content (AvgIpc) is 3.09. The minimum Gasteiger partial charge on any atom is -0.497 e. The molecule has 1 aliphatic rings. The molecular weight excluding hydrogens is 356 g/mol. The highest BCUT2D eigenvalue weighted by Gasteiger charge is 2.43. The molecule has 1 aliphatic carbocycles. The Morgan fingerprint density at radius 1 is 1.11 bits per heavy atom. The van der Waals surface area contributed by atoms with E-state index in [9.17, 15) is 9.59 Å². The Hall–Kier alpha value is -2.82. The van der Waals surface area contributed by atoms with Crippen LogP contribution in [0.3, 0.4) is 0 Å². The number of hydrogen-bond donors (Lipinski definition) is 0. The van der Waals surface area contributed by atoms with Gasteiger partial charge in [0.15, 0.2) is 0 Å². The van der Waals surface area contributed by atoms with Crippen molar-refractivity contribution in [1.29, 1.82) is 0 Å². The fourth-order valence-electron chi connectivity index (χ4n) is 4.01. The summed E-state index contributed by atoms with van der Waals surface area (Å²) in [4.78, 5) is 25.0. The van der Waals surface area contributed by atoms with Gasteiger partial charge in [0.25, 0.3) is 0 Å². The van der Waals surface area contributed by atoms with E-state index in [1.54, 1.807) is 21.1 Å².